The van der Waals surface area contributed by atoms with Gasteiger partial charge in [0.2, 0.25) is 0 Å². The van der Waals surface area contributed by atoms with Crippen LogP contribution in [-0.4, -0.2) is 17.1 Å². The summed E-state index contributed by atoms with van der Waals surface area (Å²) in [6.45, 7) is 0. The largest absolute Gasteiger partial charge is 0.478 e. The second kappa shape index (κ2) is 4.51. The van der Waals surface area contributed by atoms with Crippen molar-refractivity contribution in [2.75, 3.05) is 5.32 Å². The molecule has 1 aromatic carbocycles. The molecule has 4 heteroatoms. The third kappa shape index (κ3) is 2.32. The Bertz CT molecular complexity index is 400. The molecule has 0 radical (unpaired) electrons. The van der Waals surface area contributed by atoms with Crippen LogP contribution in [0.15, 0.2) is 18.2 Å². The fourth-order valence-electron chi connectivity index (χ4n) is 2.06. The van der Waals surface area contributed by atoms with E-state index in [9.17, 15) is 9.18 Å². The van der Waals surface area contributed by atoms with Gasteiger partial charge in [-0.1, -0.05) is 12.8 Å². The van der Waals surface area contributed by atoms with Gasteiger partial charge < -0.3 is 10.4 Å². The maximum atomic E-state index is 13.5. The van der Waals surface area contributed by atoms with Crippen molar-refractivity contribution in [1.82, 2.24) is 0 Å². The van der Waals surface area contributed by atoms with Crippen LogP contribution in [-0.2, 0) is 0 Å². The Kier molecular flexibility index (Phi) is 3.08. The third-order valence-electron chi connectivity index (χ3n) is 2.93. The molecule has 0 bridgehead atoms. The van der Waals surface area contributed by atoms with Crippen molar-refractivity contribution in [2.24, 2.45) is 0 Å². The third-order valence-corrected chi connectivity index (χ3v) is 2.93. The van der Waals surface area contributed by atoms with Crippen LogP contribution in [0.5, 0.6) is 0 Å². The van der Waals surface area contributed by atoms with Gasteiger partial charge >= 0.3 is 5.97 Å². The molecule has 16 heavy (non-hydrogen) atoms. The van der Waals surface area contributed by atoms with Gasteiger partial charge in [-0.05, 0) is 31.0 Å². The highest BCUT2D eigenvalue weighted by Crippen LogP contribution is 2.24. The number of carboxylic acids is 1. The van der Waals surface area contributed by atoms with Gasteiger partial charge in [0.25, 0.3) is 0 Å². The summed E-state index contributed by atoms with van der Waals surface area (Å²) in [4.78, 5) is 10.6. The number of hydrogen-bond donors (Lipinski definition) is 2. The predicted molar refractivity (Wildman–Crippen MR) is 59.2 cm³/mol. The number of rotatable bonds is 3. The van der Waals surface area contributed by atoms with E-state index < -0.39 is 11.8 Å². The molecule has 0 amide bonds. The minimum absolute atomic E-state index is 0.0190. The molecule has 0 saturated heterocycles. The van der Waals surface area contributed by atoms with Gasteiger partial charge in [0, 0.05) is 6.04 Å². The smallest absolute Gasteiger partial charge is 0.335 e. The SMILES string of the molecule is O=C(O)c1ccc(NC2CCCC2)c(F)c1. The topological polar surface area (TPSA) is 49.3 Å². The zero-order chi connectivity index (χ0) is 11.5. The summed E-state index contributed by atoms with van der Waals surface area (Å²) in [6.07, 6.45) is 4.46. The van der Waals surface area contributed by atoms with Crippen LogP contribution >= 0.6 is 0 Å². The van der Waals surface area contributed by atoms with Gasteiger partial charge in [0.15, 0.2) is 0 Å². The molecule has 0 heterocycles. The van der Waals surface area contributed by atoms with Crippen LogP contribution in [0.3, 0.4) is 0 Å². The van der Waals surface area contributed by atoms with Crippen LogP contribution in [0.2, 0.25) is 0 Å². The quantitative estimate of drug-likeness (QED) is 0.828. The maximum absolute atomic E-state index is 13.5. The molecule has 1 fully saturated rings. The van der Waals surface area contributed by atoms with Gasteiger partial charge in [-0.2, -0.15) is 0 Å². The average Bonchev–Trinajstić information content (AvgIpc) is 2.73. The molecule has 0 unspecified atom stereocenters. The van der Waals surface area contributed by atoms with Crippen molar-refractivity contribution in [2.45, 2.75) is 31.7 Å². The summed E-state index contributed by atoms with van der Waals surface area (Å²) in [5.74, 6) is -1.60. The van der Waals surface area contributed by atoms with Crippen molar-refractivity contribution in [3.8, 4) is 0 Å². The Balaban J connectivity index is 2.12. The molecule has 0 aromatic heterocycles. The van der Waals surface area contributed by atoms with E-state index in [2.05, 4.69) is 5.32 Å². The van der Waals surface area contributed by atoms with Crippen molar-refractivity contribution in [3.05, 3.63) is 29.6 Å². The fraction of sp³-hybridized carbons (Fsp3) is 0.417. The first-order valence-corrected chi connectivity index (χ1v) is 5.46. The molecule has 1 saturated carbocycles. The first kappa shape index (κ1) is 10.9. The second-order valence-electron chi connectivity index (χ2n) is 4.13. The Morgan fingerprint density at radius 3 is 2.62 bits per heavy atom. The molecule has 3 nitrogen and oxygen atoms in total. The van der Waals surface area contributed by atoms with Crippen molar-refractivity contribution >= 4 is 11.7 Å². The van der Waals surface area contributed by atoms with E-state index in [-0.39, 0.29) is 5.56 Å². The molecule has 1 aromatic rings. The van der Waals surface area contributed by atoms with E-state index in [0.29, 0.717) is 11.7 Å². The molecular formula is C12H14FNO2. The molecule has 2 rings (SSSR count). The lowest BCUT2D eigenvalue weighted by Gasteiger charge is -2.14. The van der Waals surface area contributed by atoms with Crippen LogP contribution in [0.4, 0.5) is 10.1 Å². The van der Waals surface area contributed by atoms with Gasteiger partial charge in [-0.15, -0.1) is 0 Å². The molecular weight excluding hydrogens is 209 g/mol. The van der Waals surface area contributed by atoms with Gasteiger partial charge in [-0.25, -0.2) is 9.18 Å². The van der Waals surface area contributed by atoms with Crippen LogP contribution in [0, 0.1) is 5.82 Å². The summed E-state index contributed by atoms with van der Waals surface area (Å²) in [7, 11) is 0. The summed E-state index contributed by atoms with van der Waals surface area (Å²) in [5, 5.41) is 11.8. The minimum Gasteiger partial charge on any atom is -0.478 e. The maximum Gasteiger partial charge on any atom is 0.335 e. The Hall–Kier alpha value is -1.58. The number of nitrogens with one attached hydrogen (secondary N) is 1. The molecule has 0 aliphatic heterocycles. The number of anilines is 1. The highest BCUT2D eigenvalue weighted by atomic mass is 19.1. The highest BCUT2D eigenvalue weighted by Gasteiger charge is 2.16. The Labute approximate surface area is 93.3 Å². The summed E-state index contributed by atoms with van der Waals surface area (Å²) >= 11 is 0. The van der Waals surface area contributed by atoms with Crippen molar-refractivity contribution in [3.63, 3.8) is 0 Å². The molecule has 1 aliphatic carbocycles. The summed E-state index contributed by atoms with van der Waals surface area (Å²) < 4.78 is 13.5. The Morgan fingerprint density at radius 1 is 1.38 bits per heavy atom. The van der Waals surface area contributed by atoms with Gasteiger partial charge in [-0.3, -0.25) is 0 Å². The van der Waals surface area contributed by atoms with Crippen LogP contribution in [0.25, 0.3) is 0 Å². The lowest BCUT2D eigenvalue weighted by molar-refractivity contribution is 0.0696. The highest BCUT2D eigenvalue weighted by molar-refractivity contribution is 5.88. The zero-order valence-corrected chi connectivity index (χ0v) is 8.87. The number of halogens is 1. The van der Waals surface area contributed by atoms with Crippen molar-refractivity contribution in [1.29, 1.82) is 0 Å². The molecule has 2 N–H and O–H groups in total. The van der Waals surface area contributed by atoms with E-state index >= 15 is 0 Å². The summed E-state index contributed by atoms with van der Waals surface area (Å²) in [6, 6.07) is 4.30. The first-order valence-electron chi connectivity index (χ1n) is 5.46. The number of carbonyl (C=O) groups is 1. The number of carboxylic acid groups (broad SMARTS) is 1. The number of benzene rings is 1. The summed E-state index contributed by atoms with van der Waals surface area (Å²) in [5.41, 5.74) is 0.381. The first-order chi connectivity index (χ1) is 7.66. The standard InChI is InChI=1S/C12H14FNO2/c13-10-7-8(12(15)16)5-6-11(10)14-9-3-1-2-4-9/h5-7,9,14H,1-4H2,(H,15,16). The zero-order valence-electron chi connectivity index (χ0n) is 8.87. The van der Waals surface area contributed by atoms with E-state index in [4.69, 9.17) is 5.11 Å². The van der Waals surface area contributed by atoms with E-state index in [1.165, 1.54) is 25.0 Å². The molecule has 0 atom stereocenters. The second-order valence-corrected chi connectivity index (χ2v) is 4.13. The molecule has 86 valence electrons. The van der Waals surface area contributed by atoms with Crippen molar-refractivity contribution < 1.29 is 14.3 Å². The number of aromatic carboxylic acids is 1. The van der Waals surface area contributed by atoms with E-state index in [1.807, 2.05) is 0 Å². The van der Waals surface area contributed by atoms with Crippen LogP contribution < -0.4 is 5.32 Å². The van der Waals surface area contributed by atoms with Crippen LogP contribution in [0.1, 0.15) is 36.0 Å². The minimum atomic E-state index is -1.11. The number of hydrogen-bond acceptors (Lipinski definition) is 2. The fourth-order valence-corrected chi connectivity index (χ4v) is 2.06. The van der Waals surface area contributed by atoms with E-state index in [1.54, 1.807) is 0 Å². The van der Waals surface area contributed by atoms with Gasteiger partial charge in [0.05, 0.1) is 11.3 Å². The monoisotopic (exact) mass is 223 g/mol. The molecule has 0 spiro atoms. The lowest BCUT2D eigenvalue weighted by atomic mass is 10.1. The van der Waals surface area contributed by atoms with Gasteiger partial charge in [0.1, 0.15) is 5.82 Å². The Morgan fingerprint density at radius 2 is 2.06 bits per heavy atom. The predicted octanol–water partition coefficient (Wildman–Crippen LogP) is 2.88. The normalized spacial score (nSPS) is 16.3. The average molecular weight is 223 g/mol. The van der Waals surface area contributed by atoms with E-state index in [0.717, 1.165) is 18.9 Å². The lowest BCUT2D eigenvalue weighted by Crippen LogP contribution is -2.15. The molecule has 1 aliphatic rings.